The average molecular weight is 1310 g/mol. The van der Waals surface area contributed by atoms with Crippen molar-refractivity contribution in [1.82, 2.24) is 31.5 Å². The minimum atomic E-state index is -1.76. The van der Waals surface area contributed by atoms with Crippen LogP contribution in [-0.4, -0.2) is 285 Å². The van der Waals surface area contributed by atoms with Crippen molar-refractivity contribution >= 4 is 35.5 Å². The van der Waals surface area contributed by atoms with Gasteiger partial charge in [0.2, 0.25) is 29.5 Å². The zero-order valence-electron chi connectivity index (χ0n) is 52.0. The summed E-state index contributed by atoms with van der Waals surface area (Å²) in [6, 6.07) is 6.56. The maximum absolute atomic E-state index is 14.4. The molecule has 31 heteroatoms. The van der Waals surface area contributed by atoms with Crippen LogP contribution in [0.1, 0.15) is 122 Å². The Kier molecular flexibility index (Phi) is 38.1. The van der Waals surface area contributed by atoms with Crippen LogP contribution in [0.5, 0.6) is 0 Å². The van der Waals surface area contributed by atoms with Crippen molar-refractivity contribution in [2.24, 2.45) is 0 Å². The molecule has 1 aromatic rings. The normalized spacial score (nSPS) is 27.3. The van der Waals surface area contributed by atoms with Crippen LogP contribution in [0.2, 0.25) is 0 Å². The Hall–Kier alpha value is -4.72. The number of benzene rings is 1. The first-order chi connectivity index (χ1) is 43.7. The zero-order valence-corrected chi connectivity index (χ0v) is 52.0. The van der Waals surface area contributed by atoms with Crippen LogP contribution >= 0.6 is 0 Å². The molecule has 0 spiro atoms. The summed E-state index contributed by atoms with van der Waals surface area (Å²) in [7, 11) is 0. The Balaban J connectivity index is 1.47. The molecule has 3 aliphatic rings. The molecule has 0 aromatic heterocycles. The van der Waals surface area contributed by atoms with E-state index < -0.39 is 167 Å². The lowest BCUT2D eigenvalue weighted by Crippen LogP contribution is -2.59. The van der Waals surface area contributed by atoms with Crippen molar-refractivity contribution in [3.63, 3.8) is 0 Å². The van der Waals surface area contributed by atoms with E-state index in [0.29, 0.717) is 6.42 Å². The van der Waals surface area contributed by atoms with Gasteiger partial charge in [-0.05, 0) is 37.7 Å². The fraction of sp³-hybridized carbons (Fsp3) is 0.800. The van der Waals surface area contributed by atoms with E-state index in [1.807, 2.05) is 6.07 Å². The SMILES string of the molecule is CCCCCCCCCCCCCC(=O)N[C@@H](CCC(=O)OCc1ccccc1)C(=O)NCCCC[C@@H](C(=O)NCCO[C@H]1O[C@H](CO)[C@@H](O)[C@H](O)[C@@H]1O)N(CC(=O)NCCO[C@H]1O[C@H](CO)[C@@H](O)[C@H](O)[C@@H]1O)CC(=O)NCCO[C@H]1O[C@H](CO)[C@@H](O)[C@H](O)[C@@H]1O. The van der Waals surface area contributed by atoms with Crippen LogP contribution in [0, 0.1) is 0 Å². The van der Waals surface area contributed by atoms with Crippen LogP contribution in [0.15, 0.2) is 30.3 Å². The summed E-state index contributed by atoms with van der Waals surface area (Å²) in [4.78, 5) is 83.1. The number of nitrogens with zero attached hydrogens (tertiary/aromatic N) is 1. The molecule has 3 saturated heterocycles. The van der Waals surface area contributed by atoms with Crippen molar-refractivity contribution in [2.45, 2.75) is 227 Å². The van der Waals surface area contributed by atoms with Crippen molar-refractivity contribution < 1.29 is 123 Å². The molecule has 17 N–H and O–H groups in total. The summed E-state index contributed by atoms with van der Waals surface area (Å²) in [5.41, 5.74) is 0.761. The molecule has 31 nitrogen and oxygen atoms in total. The predicted octanol–water partition coefficient (Wildman–Crippen LogP) is -4.55. The van der Waals surface area contributed by atoms with Crippen molar-refractivity contribution in [1.29, 1.82) is 0 Å². The van der Waals surface area contributed by atoms with Crippen LogP contribution in [0.25, 0.3) is 0 Å². The monoisotopic (exact) mass is 1310 g/mol. The second kappa shape index (κ2) is 44.0. The maximum Gasteiger partial charge on any atom is 0.306 e. The Morgan fingerprint density at radius 2 is 0.901 bits per heavy atom. The Morgan fingerprint density at radius 1 is 0.473 bits per heavy atom. The highest BCUT2D eigenvalue weighted by Crippen LogP contribution is 2.25. The number of hydrogen-bond donors (Lipinski definition) is 17. The van der Waals surface area contributed by atoms with Gasteiger partial charge in [-0.15, -0.1) is 0 Å². The van der Waals surface area contributed by atoms with E-state index in [1.165, 1.54) is 43.4 Å². The number of aliphatic hydroxyl groups excluding tert-OH is 12. The number of rotatable bonds is 45. The third kappa shape index (κ3) is 28.0. The lowest BCUT2D eigenvalue weighted by molar-refractivity contribution is -0.300. The fourth-order valence-corrected chi connectivity index (χ4v) is 10.4. The van der Waals surface area contributed by atoms with Gasteiger partial charge in [-0.1, -0.05) is 101 Å². The summed E-state index contributed by atoms with van der Waals surface area (Å²) in [5.74, 6) is -3.84. The first kappa shape index (κ1) is 78.7. The van der Waals surface area contributed by atoms with Gasteiger partial charge in [0, 0.05) is 39.0 Å². The van der Waals surface area contributed by atoms with Crippen molar-refractivity contribution in [3.05, 3.63) is 35.9 Å². The Labute approximate surface area is 530 Å². The van der Waals surface area contributed by atoms with Gasteiger partial charge in [-0.3, -0.25) is 33.7 Å². The molecule has 3 fully saturated rings. The molecule has 4 rings (SSSR count). The zero-order chi connectivity index (χ0) is 66.7. The van der Waals surface area contributed by atoms with E-state index >= 15 is 0 Å². The second-order valence-electron chi connectivity index (χ2n) is 23.0. The van der Waals surface area contributed by atoms with E-state index in [9.17, 15) is 90.0 Å². The predicted molar refractivity (Wildman–Crippen MR) is 319 cm³/mol. The summed E-state index contributed by atoms with van der Waals surface area (Å²) < 4.78 is 38.1. The summed E-state index contributed by atoms with van der Waals surface area (Å²) >= 11 is 0. The lowest BCUT2D eigenvalue weighted by atomic mass is 9.99. The lowest BCUT2D eigenvalue weighted by Gasteiger charge is -2.39. The molecule has 5 amide bonds. The van der Waals surface area contributed by atoms with Gasteiger partial charge in [-0.2, -0.15) is 0 Å². The van der Waals surface area contributed by atoms with Gasteiger partial charge in [0.25, 0.3) is 0 Å². The number of unbranched alkanes of at least 4 members (excludes halogenated alkanes) is 11. The third-order valence-electron chi connectivity index (χ3n) is 15.8. The van der Waals surface area contributed by atoms with Crippen molar-refractivity contribution in [3.8, 4) is 0 Å². The minimum absolute atomic E-state index is 0.00655. The Morgan fingerprint density at radius 3 is 1.35 bits per heavy atom. The Bertz CT molecular complexity index is 2170. The summed E-state index contributed by atoms with van der Waals surface area (Å²) in [5, 5.41) is 135. The van der Waals surface area contributed by atoms with E-state index in [0.717, 1.165) is 31.2 Å². The van der Waals surface area contributed by atoms with E-state index in [-0.39, 0.29) is 97.0 Å². The highest BCUT2D eigenvalue weighted by atomic mass is 16.7. The number of esters is 1. The number of carbonyl (C=O) groups excluding carboxylic acids is 6. The minimum Gasteiger partial charge on any atom is -0.461 e. The van der Waals surface area contributed by atoms with Gasteiger partial charge in [-0.25, -0.2) is 0 Å². The molecule has 17 atom stereocenters. The van der Waals surface area contributed by atoms with Gasteiger partial charge in [0.15, 0.2) is 18.9 Å². The molecule has 91 heavy (non-hydrogen) atoms. The molecule has 522 valence electrons. The molecule has 1 aromatic carbocycles. The molecule has 0 saturated carbocycles. The quantitative estimate of drug-likeness (QED) is 0.0216. The van der Waals surface area contributed by atoms with Crippen LogP contribution in [0.3, 0.4) is 0 Å². The van der Waals surface area contributed by atoms with Gasteiger partial charge in [0.05, 0.1) is 58.8 Å². The molecule has 3 aliphatic heterocycles. The molecule has 0 radical (unpaired) electrons. The average Bonchev–Trinajstić information content (AvgIpc) is 1.30. The molecular formula is C60H102N6O25. The second-order valence-corrected chi connectivity index (χ2v) is 23.0. The largest absolute Gasteiger partial charge is 0.461 e. The van der Waals surface area contributed by atoms with Crippen molar-refractivity contribution in [2.75, 3.05) is 78.9 Å². The number of nitrogens with one attached hydrogen (secondary N) is 5. The highest BCUT2D eigenvalue weighted by Gasteiger charge is 2.46. The van der Waals surface area contributed by atoms with E-state index in [1.54, 1.807) is 24.3 Å². The smallest absolute Gasteiger partial charge is 0.306 e. The standard InChI is InChI=1S/C60H102N6O25/c1-2-3-4-5-6-7-8-9-10-11-15-21-43(70)65-38(22-23-46(73)88-36-37-18-13-12-14-19-37)56(83)63-24-17-16-20-39(57(84)64-27-30-87-60-55(82)52(79)49(76)42(35-69)91-60)66(31-44(71)61-25-28-85-58-53(80)50(77)47(74)40(33-67)89-58)32-45(72)62-26-29-86-59-54(81)51(78)48(75)41(34-68)90-59/h12-14,18-19,38-42,47-55,58-60,67-69,74-82H,2-11,15-17,20-36H2,1H3,(H,61,71)(H,62,72)(H,63,83)(H,64,84)(H,65,70)/t38-,39-,40+,41+,42+,47+,48+,49+,50-,51-,52-,53-,54-,55-,58-,59-,60-/m0/s1. The molecule has 3 heterocycles. The van der Waals surface area contributed by atoms with Crippen LogP contribution in [0.4, 0.5) is 0 Å². The number of hydrogen-bond acceptors (Lipinski definition) is 26. The summed E-state index contributed by atoms with van der Waals surface area (Å²) in [6.45, 7) is -3.22. The number of aliphatic hydroxyl groups is 12. The topological polar surface area (TPSA) is 473 Å². The van der Waals surface area contributed by atoms with E-state index in [4.69, 9.17) is 33.2 Å². The molecule has 0 aliphatic carbocycles. The maximum atomic E-state index is 14.4. The van der Waals surface area contributed by atoms with Gasteiger partial charge >= 0.3 is 5.97 Å². The molecular weight excluding hydrogens is 1200 g/mol. The first-order valence-corrected chi connectivity index (χ1v) is 31.8. The van der Waals surface area contributed by atoms with Crippen LogP contribution < -0.4 is 26.6 Å². The number of amides is 5. The first-order valence-electron chi connectivity index (χ1n) is 31.8. The number of carbonyl (C=O) groups is 6. The third-order valence-corrected chi connectivity index (χ3v) is 15.8. The van der Waals surface area contributed by atoms with Gasteiger partial charge in [0.1, 0.15) is 85.9 Å². The fourth-order valence-electron chi connectivity index (χ4n) is 10.4. The van der Waals surface area contributed by atoms with Crippen LogP contribution in [-0.2, 0) is 68.5 Å². The highest BCUT2D eigenvalue weighted by molar-refractivity contribution is 5.88. The molecule has 0 unspecified atom stereocenters. The number of ether oxygens (including phenoxy) is 7. The molecule has 0 bridgehead atoms. The van der Waals surface area contributed by atoms with E-state index in [2.05, 4.69) is 33.5 Å². The summed E-state index contributed by atoms with van der Waals surface area (Å²) in [6.07, 6.45) is -11.8. The van der Waals surface area contributed by atoms with Gasteiger partial charge < -0.3 is 121 Å².